The van der Waals surface area contributed by atoms with Crippen molar-refractivity contribution < 1.29 is 9.53 Å². The summed E-state index contributed by atoms with van der Waals surface area (Å²) >= 11 is 0. The number of carbonyl (C=O) groups excluding carboxylic acids is 1. The highest BCUT2D eigenvalue weighted by molar-refractivity contribution is 5.79. The fourth-order valence-corrected chi connectivity index (χ4v) is 2.46. The second-order valence-electron chi connectivity index (χ2n) is 5.25. The van der Waals surface area contributed by atoms with Crippen LogP contribution in [-0.4, -0.2) is 19.1 Å². The van der Waals surface area contributed by atoms with E-state index in [1.165, 1.54) is 0 Å². The van der Waals surface area contributed by atoms with Crippen LogP contribution < -0.4 is 10.1 Å². The van der Waals surface area contributed by atoms with Crippen molar-refractivity contribution in [3.05, 3.63) is 29.8 Å². The van der Waals surface area contributed by atoms with Gasteiger partial charge in [-0.15, -0.1) is 0 Å². The fraction of sp³-hybridized carbons (Fsp3) is 0.562. The second-order valence-corrected chi connectivity index (χ2v) is 5.25. The standard InChI is InChI=1S/C16H23NO2/c1-3-12(4-2)10-17-16(18)14-9-13-7-5-6-8-15(13)19-11-14/h5-8,12,14H,3-4,9-11H2,1-2H3,(H,17,18). The van der Waals surface area contributed by atoms with Crippen molar-refractivity contribution in [2.24, 2.45) is 11.8 Å². The SMILES string of the molecule is CCC(CC)CNC(=O)C1COc2ccccc2C1. The Labute approximate surface area is 115 Å². The zero-order valence-corrected chi connectivity index (χ0v) is 11.8. The highest BCUT2D eigenvalue weighted by Gasteiger charge is 2.25. The van der Waals surface area contributed by atoms with Crippen molar-refractivity contribution in [1.29, 1.82) is 0 Å². The van der Waals surface area contributed by atoms with Gasteiger partial charge in [-0.2, -0.15) is 0 Å². The molecule has 104 valence electrons. The zero-order chi connectivity index (χ0) is 13.7. The molecule has 0 aromatic heterocycles. The van der Waals surface area contributed by atoms with E-state index in [1.807, 2.05) is 24.3 Å². The van der Waals surface area contributed by atoms with Gasteiger partial charge >= 0.3 is 0 Å². The molecule has 3 nitrogen and oxygen atoms in total. The van der Waals surface area contributed by atoms with Crippen LogP contribution in [0.25, 0.3) is 0 Å². The van der Waals surface area contributed by atoms with Gasteiger partial charge in [-0.25, -0.2) is 0 Å². The summed E-state index contributed by atoms with van der Waals surface area (Å²) < 4.78 is 5.66. The summed E-state index contributed by atoms with van der Waals surface area (Å²) in [6, 6.07) is 7.96. The van der Waals surface area contributed by atoms with Gasteiger partial charge in [0.1, 0.15) is 12.4 Å². The van der Waals surface area contributed by atoms with Crippen molar-refractivity contribution in [2.75, 3.05) is 13.2 Å². The number of rotatable bonds is 5. The molecular formula is C16H23NO2. The Morgan fingerprint density at radius 2 is 2.11 bits per heavy atom. The molecule has 19 heavy (non-hydrogen) atoms. The number of para-hydroxylation sites is 1. The van der Waals surface area contributed by atoms with Crippen LogP contribution in [0.3, 0.4) is 0 Å². The van der Waals surface area contributed by atoms with E-state index in [2.05, 4.69) is 19.2 Å². The quantitative estimate of drug-likeness (QED) is 0.885. The normalized spacial score (nSPS) is 17.7. The third-order valence-electron chi connectivity index (χ3n) is 3.97. The molecule has 1 aliphatic heterocycles. The van der Waals surface area contributed by atoms with E-state index < -0.39 is 0 Å². The molecule has 1 aliphatic rings. The van der Waals surface area contributed by atoms with Crippen LogP contribution in [0.4, 0.5) is 0 Å². The summed E-state index contributed by atoms with van der Waals surface area (Å²) in [7, 11) is 0. The van der Waals surface area contributed by atoms with Crippen LogP contribution in [0.15, 0.2) is 24.3 Å². The molecule has 1 heterocycles. The number of ether oxygens (including phenoxy) is 1. The summed E-state index contributed by atoms with van der Waals surface area (Å²) in [6.07, 6.45) is 3.01. The van der Waals surface area contributed by atoms with E-state index in [4.69, 9.17) is 4.74 Å². The number of carbonyl (C=O) groups is 1. The molecule has 0 radical (unpaired) electrons. The summed E-state index contributed by atoms with van der Waals surface area (Å²) in [5, 5.41) is 3.07. The van der Waals surface area contributed by atoms with Gasteiger partial charge in [0.2, 0.25) is 5.91 Å². The topological polar surface area (TPSA) is 38.3 Å². The predicted octanol–water partition coefficient (Wildman–Crippen LogP) is 2.79. The Bertz CT molecular complexity index is 427. The molecular weight excluding hydrogens is 238 g/mol. The van der Waals surface area contributed by atoms with E-state index >= 15 is 0 Å². The zero-order valence-electron chi connectivity index (χ0n) is 11.8. The van der Waals surface area contributed by atoms with Crippen molar-refractivity contribution in [1.82, 2.24) is 5.32 Å². The predicted molar refractivity (Wildman–Crippen MR) is 76.2 cm³/mol. The number of nitrogens with one attached hydrogen (secondary N) is 1. The lowest BCUT2D eigenvalue weighted by molar-refractivity contribution is -0.126. The van der Waals surface area contributed by atoms with E-state index in [0.29, 0.717) is 12.5 Å². The third kappa shape index (κ3) is 3.49. The van der Waals surface area contributed by atoms with E-state index in [0.717, 1.165) is 37.1 Å². The minimum absolute atomic E-state index is 0.0516. The van der Waals surface area contributed by atoms with E-state index in [-0.39, 0.29) is 11.8 Å². The second kappa shape index (κ2) is 6.60. The summed E-state index contributed by atoms with van der Waals surface area (Å²) in [6.45, 7) is 5.61. The van der Waals surface area contributed by atoms with Crippen LogP contribution in [0.2, 0.25) is 0 Å². The van der Waals surface area contributed by atoms with Gasteiger partial charge in [-0.3, -0.25) is 4.79 Å². The van der Waals surface area contributed by atoms with Gasteiger partial charge in [-0.05, 0) is 24.0 Å². The van der Waals surface area contributed by atoms with Crippen LogP contribution in [0, 0.1) is 11.8 Å². The molecule has 1 N–H and O–H groups in total. The lowest BCUT2D eigenvalue weighted by Crippen LogP contribution is -2.39. The number of amides is 1. The number of hydrogen-bond donors (Lipinski definition) is 1. The molecule has 1 aromatic rings. The highest BCUT2D eigenvalue weighted by Crippen LogP contribution is 2.26. The molecule has 0 saturated heterocycles. The van der Waals surface area contributed by atoms with Gasteiger partial charge in [0.15, 0.2) is 0 Å². The largest absolute Gasteiger partial charge is 0.492 e. The van der Waals surface area contributed by atoms with Crippen LogP contribution >= 0.6 is 0 Å². The molecule has 0 aliphatic carbocycles. The van der Waals surface area contributed by atoms with Gasteiger partial charge in [0.25, 0.3) is 0 Å². The maximum absolute atomic E-state index is 12.2. The highest BCUT2D eigenvalue weighted by atomic mass is 16.5. The molecule has 1 unspecified atom stereocenters. The molecule has 3 heteroatoms. The molecule has 0 saturated carbocycles. The Hall–Kier alpha value is -1.51. The van der Waals surface area contributed by atoms with Gasteiger partial charge in [-0.1, -0.05) is 44.9 Å². The monoisotopic (exact) mass is 261 g/mol. The fourth-order valence-electron chi connectivity index (χ4n) is 2.46. The third-order valence-corrected chi connectivity index (χ3v) is 3.97. The van der Waals surface area contributed by atoms with Gasteiger partial charge < -0.3 is 10.1 Å². The first-order valence-electron chi connectivity index (χ1n) is 7.23. The van der Waals surface area contributed by atoms with E-state index in [9.17, 15) is 4.79 Å². The average molecular weight is 261 g/mol. The Morgan fingerprint density at radius 1 is 1.37 bits per heavy atom. The first-order chi connectivity index (χ1) is 9.24. The Kier molecular flexibility index (Phi) is 4.83. The Morgan fingerprint density at radius 3 is 2.84 bits per heavy atom. The molecule has 1 atom stereocenters. The van der Waals surface area contributed by atoms with Crippen molar-refractivity contribution >= 4 is 5.91 Å². The maximum Gasteiger partial charge on any atom is 0.226 e. The molecule has 0 spiro atoms. The Balaban J connectivity index is 1.88. The molecule has 0 bridgehead atoms. The molecule has 1 aromatic carbocycles. The molecule has 2 rings (SSSR count). The lowest BCUT2D eigenvalue weighted by atomic mass is 9.95. The summed E-state index contributed by atoms with van der Waals surface area (Å²) in [5.74, 6) is 1.58. The minimum Gasteiger partial charge on any atom is -0.492 e. The van der Waals surface area contributed by atoms with Crippen molar-refractivity contribution in [3.8, 4) is 5.75 Å². The van der Waals surface area contributed by atoms with Crippen molar-refractivity contribution in [2.45, 2.75) is 33.1 Å². The first kappa shape index (κ1) is 13.9. The minimum atomic E-state index is -0.0516. The first-order valence-corrected chi connectivity index (χ1v) is 7.23. The van der Waals surface area contributed by atoms with Crippen LogP contribution in [-0.2, 0) is 11.2 Å². The van der Waals surface area contributed by atoms with Crippen LogP contribution in [0.1, 0.15) is 32.3 Å². The van der Waals surface area contributed by atoms with Gasteiger partial charge in [0.05, 0.1) is 5.92 Å². The maximum atomic E-state index is 12.2. The van der Waals surface area contributed by atoms with Crippen LogP contribution in [0.5, 0.6) is 5.75 Å². The molecule has 0 fully saturated rings. The lowest BCUT2D eigenvalue weighted by Gasteiger charge is -2.25. The smallest absolute Gasteiger partial charge is 0.226 e. The van der Waals surface area contributed by atoms with E-state index in [1.54, 1.807) is 0 Å². The molecule has 1 amide bonds. The van der Waals surface area contributed by atoms with Crippen molar-refractivity contribution in [3.63, 3.8) is 0 Å². The number of fused-ring (bicyclic) bond motifs is 1. The summed E-state index contributed by atoms with van der Waals surface area (Å²) in [4.78, 5) is 12.2. The van der Waals surface area contributed by atoms with Gasteiger partial charge in [0, 0.05) is 6.54 Å². The number of hydrogen-bond acceptors (Lipinski definition) is 2. The number of benzene rings is 1. The average Bonchev–Trinajstić information content (AvgIpc) is 2.47. The summed E-state index contributed by atoms with van der Waals surface area (Å²) in [5.41, 5.74) is 1.14.